The minimum absolute atomic E-state index is 0.105. The Balaban J connectivity index is 1.58. The SMILES string of the molecule is COc1ccc(Cn2nc(N3CC[C@@H](N(C)C)C3)c3c(Oc4ccc(N)cc4F)ccnc32)cc1. The van der Waals surface area contributed by atoms with Crippen LogP contribution in [0.3, 0.4) is 0 Å². The Morgan fingerprint density at radius 2 is 1.91 bits per heavy atom. The van der Waals surface area contributed by atoms with Gasteiger partial charge in [-0.1, -0.05) is 12.1 Å². The van der Waals surface area contributed by atoms with Gasteiger partial charge in [0.05, 0.1) is 13.7 Å². The topological polar surface area (TPSA) is 81.7 Å². The lowest BCUT2D eigenvalue weighted by Gasteiger charge is -2.20. The van der Waals surface area contributed by atoms with E-state index in [4.69, 9.17) is 20.3 Å². The number of nitrogens with two attached hydrogens (primary N) is 1. The molecule has 0 aliphatic carbocycles. The first-order valence-corrected chi connectivity index (χ1v) is 11.6. The molecule has 1 fully saturated rings. The number of hydrogen-bond acceptors (Lipinski definition) is 7. The van der Waals surface area contributed by atoms with Crippen molar-refractivity contribution >= 4 is 22.5 Å². The summed E-state index contributed by atoms with van der Waals surface area (Å²) in [6.45, 7) is 2.23. The maximum absolute atomic E-state index is 14.6. The highest BCUT2D eigenvalue weighted by Crippen LogP contribution is 2.38. The molecule has 1 atom stereocenters. The molecule has 0 bridgehead atoms. The van der Waals surface area contributed by atoms with Crippen molar-refractivity contribution < 1.29 is 13.9 Å². The van der Waals surface area contributed by atoms with Crippen molar-refractivity contribution in [3.8, 4) is 17.2 Å². The summed E-state index contributed by atoms with van der Waals surface area (Å²) in [5.74, 6) is 1.68. The third-order valence-corrected chi connectivity index (χ3v) is 6.44. The van der Waals surface area contributed by atoms with Gasteiger partial charge in [-0.2, -0.15) is 5.10 Å². The first-order valence-electron chi connectivity index (χ1n) is 11.6. The minimum Gasteiger partial charge on any atom is -0.497 e. The van der Waals surface area contributed by atoms with Crippen molar-refractivity contribution in [3.05, 3.63) is 66.1 Å². The molecule has 2 N–H and O–H groups in total. The number of halogens is 1. The third-order valence-electron chi connectivity index (χ3n) is 6.44. The molecule has 3 heterocycles. The van der Waals surface area contributed by atoms with Gasteiger partial charge in [-0.3, -0.25) is 0 Å². The summed E-state index contributed by atoms with van der Waals surface area (Å²) in [7, 11) is 5.83. The highest BCUT2D eigenvalue weighted by molar-refractivity contribution is 5.94. The van der Waals surface area contributed by atoms with Gasteiger partial charge in [0.1, 0.15) is 16.9 Å². The van der Waals surface area contributed by atoms with Gasteiger partial charge >= 0.3 is 0 Å². The second-order valence-electron chi connectivity index (χ2n) is 8.98. The van der Waals surface area contributed by atoms with Crippen LogP contribution in [-0.2, 0) is 6.54 Å². The van der Waals surface area contributed by atoms with Crippen LogP contribution in [0.15, 0.2) is 54.7 Å². The summed E-state index contributed by atoms with van der Waals surface area (Å²) in [5, 5.41) is 5.74. The van der Waals surface area contributed by atoms with Crippen molar-refractivity contribution in [3.63, 3.8) is 0 Å². The van der Waals surface area contributed by atoms with Gasteiger partial charge in [0.15, 0.2) is 23.0 Å². The van der Waals surface area contributed by atoms with Crippen LogP contribution in [0.2, 0.25) is 0 Å². The number of nitrogens with zero attached hydrogens (tertiary/aromatic N) is 5. The molecule has 35 heavy (non-hydrogen) atoms. The van der Waals surface area contributed by atoms with E-state index in [1.165, 1.54) is 12.1 Å². The molecular formula is C26H29FN6O2. The van der Waals surface area contributed by atoms with Crippen molar-refractivity contribution in [2.45, 2.75) is 19.0 Å². The van der Waals surface area contributed by atoms with E-state index in [1.807, 2.05) is 28.9 Å². The lowest BCUT2D eigenvalue weighted by atomic mass is 10.2. The Kier molecular flexibility index (Phi) is 6.17. The summed E-state index contributed by atoms with van der Waals surface area (Å²) in [6, 6.07) is 14.5. The number of likely N-dealkylation sites (N-methyl/N-ethyl adjacent to an activating group) is 1. The highest BCUT2D eigenvalue weighted by Gasteiger charge is 2.29. The van der Waals surface area contributed by atoms with Gasteiger partial charge in [0, 0.05) is 43.1 Å². The quantitative estimate of drug-likeness (QED) is 0.402. The zero-order valence-corrected chi connectivity index (χ0v) is 20.1. The Hall–Kier alpha value is -3.85. The number of anilines is 2. The van der Waals surface area contributed by atoms with E-state index in [0.717, 1.165) is 42.0 Å². The van der Waals surface area contributed by atoms with Gasteiger partial charge in [-0.05, 0) is 50.3 Å². The zero-order chi connectivity index (χ0) is 24.5. The summed E-state index contributed by atoms with van der Waals surface area (Å²) in [4.78, 5) is 9.13. The molecule has 9 heteroatoms. The molecule has 8 nitrogen and oxygen atoms in total. The molecule has 4 aromatic rings. The van der Waals surface area contributed by atoms with Crippen molar-refractivity contribution in [1.82, 2.24) is 19.7 Å². The van der Waals surface area contributed by atoms with Gasteiger partial charge in [-0.15, -0.1) is 0 Å². The van der Waals surface area contributed by atoms with Crippen molar-refractivity contribution in [2.75, 3.05) is 44.9 Å². The number of ether oxygens (including phenoxy) is 2. The fraction of sp³-hybridized carbons (Fsp3) is 0.308. The van der Waals surface area contributed by atoms with Crippen LogP contribution in [0.5, 0.6) is 17.2 Å². The molecule has 0 amide bonds. The van der Waals surface area contributed by atoms with Gasteiger partial charge in [0.2, 0.25) is 0 Å². The summed E-state index contributed by atoms with van der Waals surface area (Å²) >= 11 is 0. The summed E-state index contributed by atoms with van der Waals surface area (Å²) in [5.41, 5.74) is 7.80. The van der Waals surface area contributed by atoms with Crippen LogP contribution in [0, 0.1) is 5.82 Å². The van der Waals surface area contributed by atoms with Crippen LogP contribution in [-0.4, -0.2) is 60.0 Å². The zero-order valence-electron chi connectivity index (χ0n) is 20.1. The number of hydrogen-bond donors (Lipinski definition) is 1. The van der Waals surface area contributed by atoms with E-state index >= 15 is 0 Å². The van der Waals surface area contributed by atoms with Crippen molar-refractivity contribution in [2.24, 2.45) is 0 Å². The highest BCUT2D eigenvalue weighted by atomic mass is 19.1. The lowest BCUT2D eigenvalue weighted by molar-refractivity contribution is 0.315. The average molecular weight is 477 g/mol. The van der Waals surface area contributed by atoms with Crippen LogP contribution in [0.25, 0.3) is 11.0 Å². The van der Waals surface area contributed by atoms with Gasteiger partial charge in [0.25, 0.3) is 0 Å². The second-order valence-corrected chi connectivity index (χ2v) is 8.98. The van der Waals surface area contributed by atoms with E-state index in [0.29, 0.717) is 29.7 Å². The lowest BCUT2D eigenvalue weighted by Crippen LogP contribution is -2.31. The van der Waals surface area contributed by atoms with E-state index in [1.54, 1.807) is 25.4 Å². The Morgan fingerprint density at radius 3 is 2.60 bits per heavy atom. The fourth-order valence-corrected chi connectivity index (χ4v) is 4.45. The smallest absolute Gasteiger partial charge is 0.167 e. The maximum Gasteiger partial charge on any atom is 0.167 e. The van der Waals surface area contributed by atoms with Crippen LogP contribution in [0.4, 0.5) is 15.9 Å². The number of nitrogen functional groups attached to an aromatic ring is 1. The molecule has 182 valence electrons. The Morgan fingerprint density at radius 1 is 1.11 bits per heavy atom. The Bertz CT molecular complexity index is 1340. The second kappa shape index (κ2) is 9.42. The first kappa shape index (κ1) is 22.9. The molecule has 0 spiro atoms. The number of methoxy groups -OCH3 is 1. The van der Waals surface area contributed by atoms with E-state index in [-0.39, 0.29) is 5.75 Å². The maximum atomic E-state index is 14.6. The molecule has 5 rings (SSSR count). The molecule has 1 aliphatic rings. The van der Waals surface area contributed by atoms with E-state index in [9.17, 15) is 4.39 Å². The number of fused-ring (bicyclic) bond motifs is 1. The largest absolute Gasteiger partial charge is 0.497 e. The molecule has 1 aliphatic heterocycles. The molecule has 2 aromatic heterocycles. The van der Waals surface area contributed by atoms with Gasteiger partial charge in [-0.25, -0.2) is 14.1 Å². The fourth-order valence-electron chi connectivity index (χ4n) is 4.45. The molecule has 0 unspecified atom stereocenters. The van der Waals surface area contributed by atoms with Crippen LogP contribution < -0.4 is 20.1 Å². The van der Waals surface area contributed by atoms with Crippen LogP contribution >= 0.6 is 0 Å². The molecule has 1 saturated heterocycles. The monoisotopic (exact) mass is 476 g/mol. The molecule has 0 saturated carbocycles. The summed E-state index contributed by atoms with van der Waals surface area (Å²) < 4.78 is 27.8. The van der Waals surface area contributed by atoms with Gasteiger partial charge < -0.3 is 25.0 Å². The number of pyridine rings is 1. The number of rotatable bonds is 7. The summed E-state index contributed by atoms with van der Waals surface area (Å²) in [6.07, 6.45) is 2.69. The minimum atomic E-state index is -0.518. The number of aromatic nitrogens is 3. The Labute approximate surface area is 203 Å². The predicted molar refractivity (Wildman–Crippen MR) is 135 cm³/mol. The predicted octanol–water partition coefficient (Wildman–Crippen LogP) is 4.14. The standard InChI is InChI=1S/C26H29FN6O2/c1-31(2)19-11-13-32(16-19)26-24-23(35-22-9-6-18(28)14-21(22)27)10-12-29-25(24)33(30-26)15-17-4-7-20(34-3)8-5-17/h4-10,12,14,19H,11,13,15-16,28H2,1-3H3/t19-/m1/s1. The molecule has 0 radical (unpaired) electrons. The van der Waals surface area contributed by atoms with Crippen LogP contribution in [0.1, 0.15) is 12.0 Å². The van der Waals surface area contributed by atoms with E-state index < -0.39 is 5.82 Å². The average Bonchev–Trinajstić information content (AvgIpc) is 3.48. The molecule has 2 aromatic carbocycles. The third kappa shape index (κ3) is 4.59. The molecular weight excluding hydrogens is 447 g/mol. The van der Waals surface area contributed by atoms with E-state index in [2.05, 4.69) is 28.9 Å². The number of benzene rings is 2. The first-order chi connectivity index (χ1) is 16.9. The van der Waals surface area contributed by atoms with Crippen molar-refractivity contribution in [1.29, 1.82) is 0 Å². The normalized spacial score (nSPS) is 15.8.